The van der Waals surface area contributed by atoms with Crippen molar-refractivity contribution in [2.24, 2.45) is 0 Å². The molecular formula is C30H34FN5O2+2. The highest BCUT2D eigenvalue weighted by Gasteiger charge is 2.61. The molecule has 3 atom stereocenters. The number of benzene rings is 2. The largest absolute Gasteiger partial charge is 0.497 e. The van der Waals surface area contributed by atoms with Gasteiger partial charge < -0.3 is 4.74 Å². The highest BCUT2D eigenvalue weighted by atomic mass is 19.1. The van der Waals surface area contributed by atoms with Crippen LogP contribution in [0.1, 0.15) is 23.0 Å². The van der Waals surface area contributed by atoms with Gasteiger partial charge in [-0.25, -0.2) is 8.87 Å². The van der Waals surface area contributed by atoms with Gasteiger partial charge in [0.1, 0.15) is 17.6 Å². The highest BCUT2D eigenvalue weighted by molar-refractivity contribution is 5.30. The van der Waals surface area contributed by atoms with Crippen molar-refractivity contribution in [3.05, 3.63) is 125 Å². The van der Waals surface area contributed by atoms with E-state index in [1.807, 2.05) is 67.0 Å². The van der Waals surface area contributed by atoms with Crippen LogP contribution >= 0.6 is 0 Å². The molecule has 5 rings (SSSR count). The highest BCUT2D eigenvalue weighted by Crippen LogP contribution is 2.46. The van der Waals surface area contributed by atoms with E-state index in [0.29, 0.717) is 28.9 Å². The molecule has 3 aromatic rings. The molecule has 38 heavy (non-hydrogen) atoms. The standard InChI is InChI=1S/C30H34FN5O2/c1-33(17-14-25-11-6-7-16-32-25)22-34-18-15-26(19-23-9-4-5-13-28(23)31)36(2)29(34)21-35(37)30(36)24-10-8-12-27(20-24)38-3/h4-13,15-16,18,20-21,26,30H,14,17,19,22H2,1-3H3/q+2. The SMILES string of the molecule is COc1cccc(C2[N+](=O)C=C3N(CN(C)CCc4ccccn4)C=CC(Cc4ccccc4F)[N+]32C)c1. The van der Waals surface area contributed by atoms with Gasteiger partial charge in [0.25, 0.3) is 5.82 Å². The molecule has 3 unspecified atom stereocenters. The molecule has 0 amide bonds. The Morgan fingerprint density at radius 3 is 2.71 bits per heavy atom. The van der Waals surface area contributed by atoms with Crippen molar-refractivity contribution in [2.45, 2.75) is 25.0 Å². The fourth-order valence-electron chi connectivity index (χ4n) is 5.54. The van der Waals surface area contributed by atoms with E-state index in [9.17, 15) is 9.30 Å². The minimum Gasteiger partial charge on any atom is -0.497 e. The van der Waals surface area contributed by atoms with E-state index in [2.05, 4.69) is 35.0 Å². The van der Waals surface area contributed by atoms with E-state index < -0.39 is 6.17 Å². The second-order valence-corrected chi connectivity index (χ2v) is 10.1. The third-order valence-corrected chi connectivity index (χ3v) is 7.61. The van der Waals surface area contributed by atoms with Crippen LogP contribution < -0.4 is 4.74 Å². The van der Waals surface area contributed by atoms with E-state index in [0.717, 1.165) is 34.8 Å². The van der Waals surface area contributed by atoms with Gasteiger partial charge in [0.05, 0.1) is 31.1 Å². The number of nitroso groups, excluding NO2 is 1. The molecule has 0 aliphatic carbocycles. The van der Waals surface area contributed by atoms with E-state index >= 15 is 0 Å². The maximum atomic E-state index is 14.7. The van der Waals surface area contributed by atoms with E-state index in [-0.39, 0.29) is 11.9 Å². The predicted molar refractivity (Wildman–Crippen MR) is 144 cm³/mol. The Labute approximate surface area is 223 Å². The van der Waals surface area contributed by atoms with Crippen LogP contribution in [0.2, 0.25) is 0 Å². The summed E-state index contributed by atoms with van der Waals surface area (Å²) in [7, 11) is 5.76. The van der Waals surface area contributed by atoms with Crippen LogP contribution in [-0.2, 0) is 12.8 Å². The molecule has 0 fully saturated rings. The van der Waals surface area contributed by atoms with Gasteiger partial charge in [-0.3, -0.25) is 14.8 Å². The molecule has 0 N–H and O–H groups in total. The Bertz CT molecular complexity index is 1360. The number of pyridine rings is 1. The fraction of sp³-hybridized carbons (Fsp3) is 0.300. The average molecular weight is 516 g/mol. The molecule has 0 radical (unpaired) electrons. The fourth-order valence-corrected chi connectivity index (χ4v) is 5.54. The molecule has 0 saturated carbocycles. The van der Waals surface area contributed by atoms with Crippen molar-refractivity contribution in [3.8, 4) is 5.75 Å². The van der Waals surface area contributed by atoms with Crippen LogP contribution in [-0.4, -0.2) is 64.5 Å². The molecule has 7 nitrogen and oxygen atoms in total. The van der Waals surface area contributed by atoms with Gasteiger partial charge in [-0.05, 0) is 55.1 Å². The minimum absolute atomic E-state index is 0.150. The number of halogens is 1. The smallest absolute Gasteiger partial charge is 0.365 e. The summed E-state index contributed by atoms with van der Waals surface area (Å²) in [5.74, 6) is 1.34. The Hall–Kier alpha value is -3.88. The zero-order chi connectivity index (χ0) is 26.7. The molecule has 0 saturated heterocycles. The topological polar surface area (TPSA) is 48.7 Å². The van der Waals surface area contributed by atoms with Gasteiger partial charge in [-0.1, -0.05) is 30.3 Å². The number of aromatic nitrogens is 1. The van der Waals surface area contributed by atoms with Crippen molar-refractivity contribution < 1.29 is 18.4 Å². The van der Waals surface area contributed by atoms with Gasteiger partial charge in [0, 0.05) is 42.4 Å². The van der Waals surface area contributed by atoms with Gasteiger partial charge in [-0.2, -0.15) is 0 Å². The lowest BCUT2D eigenvalue weighted by Gasteiger charge is -2.44. The minimum atomic E-state index is -0.539. The first-order valence-electron chi connectivity index (χ1n) is 12.8. The summed E-state index contributed by atoms with van der Waals surface area (Å²) in [6, 6.07) is 20.3. The summed E-state index contributed by atoms with van der Waals surface area (Å²) in [5, 5.41) is 0. The molecule has 196 valence electrons. The molecule has 2 aliphatic heterocycles. The van der Waals surface area contributed by atoms with Crippen molar-refractivity contribution in [1.29, 1.82) is 0 Å². The first-order valence-corrected chi connectivity index (χ1v) is 12.8. The molecule has 0 spiro atoms. The second kappa shape index (κ2) is 10.8. The number of methoxy groups -OCH3 is 1. The van der Waals surface area contributed by atoms with Crippen molar-refractivity contribution in [2.75, 3.05) is 34.4 Å². The van der Waals surface area contributed by atoms with Crippen LogP contribution in [0, 0.1) is 10.7 Å². The summed E-state index contributed by atoms with van der Waals surface area (Å²) >= 11 is 0. The average Bonchev–Trinajstić information content (AvgIpc) is 3.21. The Morgan fingerprint density at radius 1 is 1.13 bits per heavy atom. The molecule has 1 aromatic heterocycles. The molecule has 0 bridgehead atoms. The van der Waals surface area contributed by atoms with Crippen LogP contribution in [0.25, 0.3) is 0 Å². The van der Waals surface area contributed by atoms with Crippen LogP contribution in [0.15, 0.2) is 97.2 Å². The number of ether oxygens (including phenoxy) is 1. The Balaban J connectivity index is 1.46. The second-order valence-electron chi connectivity index (χ2n) is 10.1. The summed E-state index contributed by atoms with van der Waals surface area (Å²) < 4.78 is 21.5. The summed E-state index contributed by atoms with van der Waals surface area (Å²) in [6.45, 7) is 1.42. The number of nitrogens with zero attached hydrogens (tertiary/aromatic N) is 5. The Morgan fingerprint density at radius 2 is 1.95 bits per heavy atom. The van der Waals surface area contributed by atoms with Crippen molar-refractivity contribution >= 4 is 0 Å². The molecule has 2 aromatic carbocycles. The molecular weight excluding hydrogens is 481 g/mol. The van der Waals surface area contributed by atoms with Gasteiger partial charge in [0.15, 0.2) is 0 Å². The molecule has 3 heterocycles. The molecule has 8 heteroatoms. The van der Waals surface area contributed by atoms with Crippen LogP contribution in [0.3, 0.4) is 0 Å². The van der Waals surface area contributed by atoms with Crippen molar-refractivity contribution in [1.82, 2.24) is 14.8 Å². The monoisotopic (exact) mass is 515 g/mol. The predicted octanol–water partition coefficient (Wildman–Crippen LogP) is 4.84. The lowest BCUT2D eigenvalue weighted by atomic mass is 9.98. The lowest BCUT2D eigenvalue weighted by molar-refractivity contribution is -0.987. The maximum absolute atomic E-state index is 14.7. The zero-order valence-corrected chi connectivity index (χ0v) is 22.1. The number of quaternary nitrogens is 1. The third kappa shape index (κ3) is 4.97. The summed E-state index contributed by atoms with van der Waals surface area (Å²) in [5.41, 5.74) is 2.53. The van der Waals surface area contributed by atoms with Gasteiger partial charge >= 0.3 is 12.4 Å². The van der Waals surface area contributed by atoms with Crippen LogP contribution in [0.4, 0.5) is 4.39 Å². The summed E-state index contributed by atoms with van der Waals surface area (Å²) in [6.07, 6.45) is 8.41. The van der Waals surface area contributed by atoms with E-state index in [1.54, 1.807) is 19.4 Å². The van der Waals surface area contributed by atoms with E-state index in [1.165, 1.54) is 6.07 Å². The third-order valence-electron chi connectivity index (χ3n) is 7.61. The van der Waals surface area contributed by atoms with Crippen molar-refractivity contribution in [3.63, 3.8) is 0 Å². The summed E-state index contributed by atoms with van der Waals surface area (Å²) in [4.78, 5) is 22.4. The lowest BCUT2D eigenvalue weighted by Crippen LogP contribution is -2.58. The Kier molecular flexibility index (Phi) is 7.35. The van der Waals surface area contributed by atoms with Gasteiger partial charge in [0.2, 0.25) is 0 Å². The quantitative estimate of drug-likeness (QED) is 0.302. The number of hydrogen-bond donors (Lipinski definition) is 0. The number of fused-ring (bicyclic) bond motifs is 1. The number of hydrogen-bond acceptors (Lipinski definition) is 5. The number of rotatable bonds is 9. The number of likely N-dealkylation sites (N-methyl/N-ethyl adjacent to an activating group) is 2. The molecule has 2 aliphatic rings. The maximum Gasteiger partial charge on any atom is 0.365 e. The normalized spacial score (nSPS) is 22.5. The zero-order valence-electron chi connectivity index (χ0n) is 22.1. The van der Waals surface area contributed by atoms with E-state index in [4.69, 9.17) is 4.74 Å². The first-order chi connectivity index (χ1) is 18.4. The van der Waals surface area contributed by atoms with Crippen LogP contribution in [0.5, 0.6) is 5.75 Å². The van der Waals surface area contributed by atoms with Gasteiger partial charge in [-0.15, -0.1) is 0 Å². The first kappa shape index (κ1) is 25.8.